The summed E-state index contributed by atoms with van der Waals surface area (Å²) in [5.74, 6) is -0.273. The van der Waals surface area contributed by atoms with E-state index in [0.717, 1.165) is 61.2 Å². The number of benzene rings is 3. The summed E-state index contributed by atoms with van der Waals surface area (Å²) in [6.45, 7) is 12.2. The first kappa shape index (κ1) is 42.9. The van der Waals surface area contributed by atoms with Gasteiger partial charge in [0.15, 0.2) is 11.4 Å². The van der Waals surface area contributed by atoms with Gasteiger partial charge in [-0.3, -0.25) is 9.69 Å². The number of ether oxygens (including phenoxy) is 2. The van der Waals surface area contributed by atoms with Gasteiger partial charge < -0.3 is 44.3 Å². The molecule has 17 nitrogen and oxygen atoms in total. The van der Waals surface area contributed by atoms with Crippen LogP contribution in [0.1, 0.15) is 80.7 Å². The van der Waals surface area contributed by atoms with Crippen LogP contribution in [0.15, 0.2) is 65.5 Å². The molecule has 4 aliphatic heterocycles. The molecular formula is C49H52N8O9. The number of phenolic OH excluding ortho intramolecular Hbond substituents is 2. The number of likely N-dealkylation sites (tertiary alicyclic amines) is 1. The topological polar surface area (TPSA) is 209 Å². The summed E-state index contributed by atoms with van der Waals surface area (Å²) in [4.78, 5) is 51.5. The number of aliphatic hydroxyl groups is 1. The third-order valence-corrected chi connectivity index (χ3v) is 14.0. The third kappa shape index (κ3) is 7.08. The highest BCUT2D eigenvalue weighted by Crippen LogP contribution is 2.42. The molecule has 17 heteroatoms. The summed E-state index contributed by atoms with van der Waals surface area (Å²) in [5.41, 5.74) is 4.74. The standard InChI is InChI=1S/C49H52N8O9/c1-5-32-34-21-31(11-12-39(34)50-43-36(32)25-56-40(43)23-38-37(45(56)60)26-65-46(61)49(38,64)6-2)66-48(63)55-15-13-29(14-16-55)54-19-17-53(18-20-54)28-7-9-30(10-8-28)57-44(51-52-47(57)62)35-22-33(27(3)4)41(58)24-42(35)59/h7-12,21-24,27,29,58-59,64H,5-6,13-20,25-26H2,1-4H3,(H,52,62). The third-order valence-electron chi connectivity index (χ3n) is 14.0. The Labute approximate surface area is 380 Å². The van der Waals surface area contributed by atoms with Gasteiger partial charge in [-0.1, -0.05) is 32.8 Å². The molecule has 10 rings (SSSR count). The van der Waals surface area contributed by atoms with Gasteiger partial charge in [0.05, 0.1) is 40.3 Å². The Balaban J connectivity index is 0.764. The number of pyridine rings is 2. The fourth-order valence-electron chi connectivity index (χ4n) is 10.3. The van der Waals surface area contributed by atoms with E-state index in [1.54, 1.807) is 34.6 Å². The van der Waals surface area contributed by atoms with Crippen molar-refractivity contribution in [1.29, 1.82) is 0 Å². The number of amides is 1. The number of rotatable bonds is 8. The summed E-state index contributed by atoms with van der Waals surface area (Å²) < 4.78 is 14.3. The number of cyclic esters (lactones) is 1. The summed E-state index contributed by atoms with van der Waals surface area (Å²) in [5, 5.41) is 51.9. The van der Waals surface area contributed by atoms with Crippen molar-refractivity contribution in [2.45, 2.75) is 84.1 Å². The number of phenols is 2. The van der Waals surface area contributed by atoms with Crippen molar-refractivity contribution >= 4 is 28.7 Å². The van der Waals surface area contributed by atoms with Gasteiger partial charge in [-0.25, -0.2) is 19.1 Å². The van der Waals surface area contributed by atoms with Crippen LogP contribution in [0, 0.1) is 0 Å². The Hall–Kier alpha value is -6.98. The van der Waals surface area contributed by atoms with Crippen LogP contribution in [0.25, 0.3) is 39.4 Å². The van der Waals surface area contributed by atoms with Crippen molar-refractivity contribution in [3.05, 3.63) is 98.8 Å². The number of aromatic nitrogens is 5. The van der Waals surface area contributed by atoms with Gasteiger partial charge in [0.25, 0.3) is 5.56 Å². The van der Waals surface area contributed by atoms with Crippen molar-refractivity contribution in [3.63, 3.8) is 0 Å². The molecular weight excluding hydrogens is 845 g/mol. The average Bonchev–Trinajstić information content (AvgIpc) is 3.89. The monoisotopic (exact) mass is 896 g/mol. The van der Waals surface area contributed by atoms with E-state index in [-0.39, 0.29) is 65.5 Å². The molecule has 0 saturated carbocycles. The lowest BCUT2D eigenvalue weighted by Crippen LogP contribution is -2.54. The van der Waals surface area contributed by atoms with Gasteiger partial charge in [0, 0.05) is 73.6 Å². The molecule has 4 aliphatic rings. The van der Waals surface area contributed by atoms with Gasteiger partial charge in [-0.15, -0.1) is 5.10 Å². The highest BCUT2D eigenvalue weighted by atomic mass is 16.6. The minimum absolute atomic E-state index is 0.00494. The first-order valence-corrected chi connectivity index (χ1v) is 22.7. The van der Waals surface area contributed by atoms with Crippen LogP contribution in [-0.2, 0) is 34.7 Å². The number of aromatic hydroxyl groups is 3. The zero-order chi connectivity index (χ0) is 46.2. The molecule has 4 N–H and O–H groups in total. The van der Waals surface area contributed by atoms with E-state index in [0.29, 0.717) is 65.0 Å². The number of anilines is 1. The lowest BCUT2D eigenvalue weighted by Gasteiger charge is -2.43. The van der Waals surface area contributed by atoms with Gasteiger partial charge in [-0.05, 0) is 97.3 Å². The fourth-order valence-corrected chi connectivity index (χ4v) is 10.3. The highest BCUT2D eigenvalue weighted by Gasteiger charge is 2.45. The van der Waals surface area contributed by atoms with E-state index in [1.165, 1.54) is 10.6 Å². The zero-order valence-corrected chi connectivity index (χ0v) is 37.3. The molecule has 1 unspecified atom stereocenters. The second-order valence-corrected chi connectivity index (χ2v) is 17.9. The van der Waals surface area contributed by atoms with E-state index in [9.17, 15) is 34.8 Å². The van der Waals surface area contributed by atoms with Crippen LogP contribution in [0.5, 0.6) is 23.3 Å². The van der Waals surface area contributed by atoms with E-state index in [2.05, 4.69) is 20.0 Å². The lowest BCUT2D eigenvalue weighted by atomic mass is 9.86. The van der Waals surface area contributed by atoms with Crippen LogP contribution in [0.4, 0.5) is 10.5 Å². The highest BCUT2D eigenvalue weighted by molar-refractivity contribution is 5.90. The minimum Gasteiger partial charge on any atom is -0.508 e. The van der Waals surface area contributed by atoms with Crippen molar-refractivity contribution in [1.82, 2.24) is 34.1 Å². The molecule has 3 aromatic carbocycles. The SMILES string of the molecule is CCc1c2c(nc3ccc(OC(=O)N4CCC(N5CCN(c6ccc(-n7c(O)nnc7-c7cc(C(C)C)c(O)cc7O)cc6)CC5)CC4)cc13)-c1cc3c(c(=O)n1C2)COC(=O)C3(O)CC. The molecule has 6 aromatic rings. The summed E-state index contributed by atoms with van der Waals surface area (Å²) in [7, 11) is 0. The molecule has 1 amide bonds. The van der Waals surface area contributed by atoms with Crippen LogP contribution >= 0.6 is 0 Å². The number of nitrogens with zero attached hydrogens (tertiary/aromatic N) is 8. The average molecular weight is 897 g/mol. The number of hydrogen-bond acceptors (Lipinski definition) is 14. The van der Waals surface area contributed by atoms with E-state index in [1.807, 2.05) is 57.2 Å². The van der Waals surface area contributed by atoms with E-state index in [4.69, 9.17) is 14.5 Å². The zero-order valence-electron chi connectivity index (χ0n) is 37.3. The normalized spacial score (nSPS) is 18.7. The molecule has 0 spiro atoms. The maximum Gasteiger partial charge on any atom is 0.415 e. The predicted octanol–water partition coefficient (Wildman–Crippen LogP) is 5.92. The molecule has 0 bridgehead atoms. The molecule has 2 fully saturated rings. The molecule has 66 heavy (non-hydrogen) atoms. The van der Waals surface area contributed by atoms with Gasteiger partial charge in [0.1, 0.15) is 23.9 Å². The maximum atomic E-state index is 13.7. The first-order chi connectivity index (χ1) is 31.8. The maximum absolute atomic E-state index is 13.7. The van der Waals surface area contributed by atoms with Gasteiger partial charge in [-0.2, -0.15) is 0 Å². The Kier molecular flexibility index (Phi) is 10.7. The number of esters is 1. The van der Waals surface area contributed by atoms with Crippen molar-refractivity contribution in [2.24, 2.45) is 0 Å². The number of fused-ring (bicyclic) bond motifs is 5. The minimum atomic E-state index is -1.90. The first-order valence-electron chi connectivity index (χ1n) is 22.7. The van der Waals surface area contributed by atoms with Gasteiger partial charge in [0.2, 0.25) is 0 Å². The number of piperazine rings is 1. The second kappa shape index (κ2) is 16.5. The van der Waals surface area contributed by atoms with Crippen LogP contribution < -0.4 is 15.2 Å². The smallest absolute Gasteiger partial charge is 0.415 e. The van der Waals surface area contributed by atoms with E-state index < -0.39 is 17.7 Å². The van der Waals surface area contributed by atoms with Crippen molar-refractivity contribution in [3.8, 4) is 51.7 Å². The number of carbonyl (C=O) groups excluding carboxylic acids is 2. The van der Waals surface area contributed by atoms with Crippen molar-refractivity contribution in [2.75, 3.05) is 44.2 Å². The lowest BCUT2D eigenvalue weighted by molar-refractivity contribution is -0.172. The molecule has 0 aliphatic carbocycles. The van der Waals surface area contributed by atoms with Crippen molar-refractivity contribution < 1.29 is 39.5 Å². The second-order valence-electron chi connectivity index (χ2n) is 17.9. The summed E-state index contributed by atoms with van der Waals surface area (Å²) >= 11 is 0. The van der Waals surface area contributed by atoms with Gasteiger partial charge >= 0.3 is 18.1 Å². The number of hydrogen-bond donors (Lipinski definition) is 4. The Morgan fingerprint density at radius 3 is 2.30 bits per heavy atom. The molecule has 3 aromatic heterocycles. The Morgan fingerprint density at radius 1 is 0.879 bits per heavy atom. The van der Waals surface area contributed by atoms with E-state index >= 15 is 0 Å². The Morgan fingerprint density at radius 2 is 1.61 bits per heavy atom. The van der Waals surface area contributed by atoms with Crippen LogP contribution in [0.3, 0.4) is 0 Å². The fraction of sp³-hybridized carbons (Fsp3) is 0.388. The molecule has 0 radical (unpaired) electrons. The molecule has 2 saturated heterocycles. The number of piperidine rings is 1. The number of carbonyl (C=O) groups is 2. The number of aryl methyl sites for hydroxylation is 1. The molecule has 7 heterocycles. The van der Waals surface area contributed by atoms with Crippen LogP contribution in [0.2, 0.25) is 0 Å². The summed E-state index contributed by atoms with van der Waals surface area (Å²) in [6.07, 6.45) is 1.97. The summed E-state index contributed by atoms with van der Waals surface area (Å²) in [6, 6.07) is 17.9. The molecule has 1 atom stereocenters. The van der Waals surface area contributed by atoms with Crippen LogP contribution in [-0.4, -0.2) is 112 Å². The Bertz CT molecular complexity index is 2990. The molecule has 342 valence electrons. The predicted molar refractivity (Wildman–Crippen MR) is 244 cm³/mol. The quantitative estimate of drug-likeness (QED) is 0.131. The largest absolute Gasteiger partial charge is 0.508 e.